The van der Waals surface area contributed by atoms with E-state index in [-0.39, 0.29) is 10.4 Å². The Labute approximate surface area is 100 Å². The predicted octanol–water partition coefficient (Wildman–Crippen LogP) is 0.812. The number of hydrogen-bond donors (Lipinski definition) is 0. The van der Waals surface area contributed by atoms with E-state index in [1.807, 2.05) is 0 Å². The van der Waals surface area contributed by atoms with Gasteiger partial charge in [-0.3, -0.25) is 4.68 Å². The quantitative estimate of drug-likeness (QED) is 0.742. The molecule has 7 heteroatoms. The lowest BCUT2D eigenvalue weighted by Crippen LogP contribution is -2.40. The van der Waals surface area contributed by atoms with Gasteiger partial charge in [-0.05, 0) is 18.9 Å². The number of piperidine rings is 1. The Hall–Kier alpha value is -0.590. The highest BCUT2D eigenvalue weighted by Gasteiger charge is 2.31. The standard InChI is InChI=1S/C9H14ClN3O2S/c1-12-9(4-5-11-12)16(14,15)13-6-2-3-8(10)7-13/h4-5,8H,2-3,6-7H2,1H3. The van der Waals surface area contributed by atoms with Crippen molar-refractivity contribution in [3.8, 4) is 0 Å². The summed E-state index contributed by atoms with van der Waals surface area (Å²) in [6, 6.07) is 1.51. The summed E-state index contributed by atoms with van der Waals surface area (Å²) in [6.45, 7) is 0.922. The number of hydrogen-bond acceptors (Lipinski definition) is 3. The number of sulfonamides is 1. The monoisotopic (exact) mass is 263 g/mol. The van der Waals surface area contributed by atoms with Crippen LogP contribution in [-0.2, 0) is 17.1 Å². The lowest BCUT2D eigenvalue weighted by atomic mass is 10.2. The first-order valence-corrected chi connectivity index (χ1v) is 7.01. The van der Waals surface area contributed by atoms with E-state index in [4.69, 9.17) is 11.6 Å². The van der Waals surface area contributed by atoms with Gasteiger partial charge < -0.3 is 0 Å². The molecule has 1 aromatic rings. The highest BCUT2D eigenvalue weighted by molar-refractivity contribution is 7.89. The van der Waals surface area contributed by atoms with Crippen LogP contribution in [0.5, 0.6) is 0 Å². The minimum absolute atomic E-state index is 0.0863. The minimum atomic E-state index is -3.43. The van der Waals surface area contributed by atoms with Gasteiger partial charge in [0.1, 0.15) is 0 Å². The summed E-state index contributed by atoms with van der Waals surface area (Å²) in [5.74, 6) is 0. The second kappa shape index (κ2) is 4.35. The molecule has 1 aliphatic rings. The van der Waals surface area contributed by atoms with Crippen LogP contribution in [0.2, 0.25) is 0 Å². The Morgan fingerprint density at radius 1 is 1.56 bits per heavy atom. The maximum absolute atomic E-state index is 12.2. The van der Waals surface area contributed by atoms with Crippen molar-refractivity contribution in [2.45, 2.75) is 23.2 Å². The van der Waals surface area contributed by atoms with Gasteiger partial charge in [0.15, 0.2) is 5.03 Å². The van der Waals surface area contributed by atoms with Crippen LogP contribution < -0.4 is 0 Å². The first-order chi connectivity index (χ1) is 7.51. The van der Waals surface area contributed by atoms with Crippen LogP contribution in [-0.4, -0.2) is 41.0 Å². The molecule has 0 N–H and O–H groups in total. The Kier molecular flexibility index (Phi) is 3.23. The fraction of sp³-hybridized carbons (Fsp3) is 0.667. The summed E-state index contributed by atoms with van der Waals surface area (Å²) in [7, 11) is -1.81. The largest absolute Gasteiger partial charge is 0.260 e. The molecule has 2 heterocycles. The molecule has 5 nitrogen and oxygen atoms in total. The molecule has 0 radical (unpaired) electrons. The average molecular weight is 264 g/mol. The second-order valence-electron chi connectivity index (χ2n) is 3.90. The van der Waals surface area contributed by atoms with Crippen LogP contribution >= 0.6 is 11.6 Å². The van der Waals surface area contributed by atoms with Crippen molar-refractivity contribution in [1.82, 2.24) is 14.1 Å². The Balaban J connectivity index is 2.29. The molecule has 1 fully saturated rings. The van der Waals surface area contributed by atoms with E-state index in [2.05, 4.69) is 5.10 Å². The van der Waals surface area contributed by atoms with Crippen molar-refractivity contribution in [2.24, 2.45) is 7.05 Å². The molecule has 0 saturated carbocycles. The molecule has 90 valence electrons. The topological polar surface area (TPSA) is 55.2 Å². The van der Waals surface area contributed by atoms with Crippen LogP contribution in [0, 0.1) is 0 Å². The van der Waals surface area contributed by atoms with Crippen LogP contribution in [0.25, 0.3) is 0 Å². The van der Waals surface area contributed by atoms with Gasteiger partial charge in [0, 0.05) is 25.5 Å². The third-order valence-electron chi connectivity index (χ3n) is 2.71. The van der Waals surface area contributed by atoms with Crippen LogP contribution in [0.15, 0.2) is 17.3 Å². The maximum Gasteiger partial charge on any atom is 0.260 e. The lowest BCUT2D eigenvalue weighted by molar-refractivity contribution is 0.347. The fourth-order valence-corrected chi connectivity index (χ4v) is 3.88. The van der Waals surface area contributed by atoms with Crippen LogP contribution in [0.3, 0.4) is 0 Å². The van der Waals surface area contributed by atoms with Crippen molar-refractivity contribution < 1.29 is 8.42 Å². The summed E-state index contributed by atoms with van der Waals surface area (Å²) in [6.07, 6.45) is 3.17. The number of rotatable bonds is 2. The predicted molar refractivity (Wildman–Crippen MR) is 60.8 cm³/mol. The van der Waals surface area contributed by atoms with Gasteiger partial charge in [-0.1, -0.05) is 0 Å². The molecule has 2 rings (SSSR count). The number of halogens is 1. The maximum atomic E-state index is 12.2. The molecule has 1 atom stereocenters. The molecule has 1 aliphatic heterocycles. The Morgan fingerprint density at radius 2 is 2.31 bits per heavy atom. The molecule has 0 amide bonds. The zero-order valence-electron chi connectivity index (χ0n) is 9.00. The van der Waals surface area contributed by atoms with Crippen LogP contribution in [0.1, 0.15) is 12.8 Å². The van der Waals surface area contributed by atoms with E-state index in [9.17, 15) is 8.42 Å². The molecular formula is C9H14ClN3O2S. The lowest BCUT2D eigenvalue weighted by Gasteiger charge is -2.28. The van der Waals surface area contributed by atoms with E-state index >= 15 is 0 Å². The average Bonchev–Trinajstić information content (AvgIpc) is 2.65. The molecule has 1 saturated heterocycles. The van der Waals surface area contributed by atoms with E-state index in [1.54, 1.807) is 7.05 Å². The molecule has 1 aromatic heterocycles. The van der Waals surface area contributed by atoms with Gasteiger partial charge >= 0.3 is 0 Å². The van der Waals surface area contributed by atoms with E-state index < -0.39 is 10.0 Å². The highest BCUT2D eigenvalue weighted by atomic mass is 35.5. The zero-order valence-corrected chi connectivity index (χ0v) is 10.6. The van der Waals surface area contributed by atoms with Crippen molar-refractivity contribution >= 4 is 21.6 Å². The van der Waals surface area contributed by atoms with Crippen molar-refractivity contribution in [1.29, 1.82) is 0 Å². The van der Waals surface area contributed by atoms with E-state index in [0.29, 0.717) is 13.1 Å². The molecule has 0 spiro atoms. The van der Waals surface area contributed by atoms with Crippen LogP contribution in [0.4, 0.5) is 0 Å². The molecule has 1 unspecified atom stereocenters. The second-order valence-corrected chi connectivity index (χ2v) is 6.40. The normalized spacial score (nSPS) is 23.5. The molecule has 0 aromatic carbocycles. The zero-order chi connectivity index (χ0) is 11.8. The number of aryl methyl sites for hydroxylation is 1. The van der Waals surface area contributed by atoms with Gasteiger partial charge in [0.25, 0.3) is 10.0 Å². The summed E-state index contributed by atoms with van der Waals surface area (Å²) < 4.78 is 27.2. The van der Waals surface area contributed by atoms with Gasteiger partial charge in [0.2, 0.25) is 0 Å². The molecule has 0 bridgehead atoms. The molecule has 0 aliphatic carbocycles. The first-order valence-electron chi connectivity index (χ1n) is 5.14. The SMILES string of the molecule is Cn1nccc1S(=O)(=O)N1CCCC(Cl)C1. The molecular weight excluding hydrogens is 250 g/mol. The van der Waals surface area contributed by atoms with E-state index in [0.717, 1.165) is 12.8 Å². The van der Waals surface area contributed by atoms with Gasteiger partial charge in [-0.25, -0.2) is 8.42 Å². The first kappa shape index (κ1) is 11.9. The Morgan fingerprint density at radius 3 is 2.88 bits per heavy atom. The van der Waals surface area contributed by atoms with Gasteiger partial charge in [0.05, 0.1) is 6.20 Å². The summed E-state index contributed by atoms with van der Waals surface area (Å²) >= 11 is 5.99. The van der Waals surface area contributed by atoms with Crippen molar-refractivity contribution in [3.63, 3.8) is 0 Å². The Bertz CT molecular complexity index is 471. The summed E-state index contributed by atoms with van der Waals surface area (Å²) in [4.78, 5) is 0. The summed E-state index contributed by atoms with van der Waals surface area (Å²) in [5, 5.41) is 4.01. The molecule has 16 heavy (non-hydrogen) atoms. The highest BCUT2D eigenvalue weighted by Crippen LogP contribution is 2.22. The third kappa shape index (κ3) is 2.09. The summed E-state index contributed by atoms with van der Waals surface area (Å²) in [5.41, 5.74) is 0. The smallest absolute Gasteiger partial charge is 0.256 e. The number of alkyl halides is 1. The number of aromatic nitrogens is 2. The van der Waals surface area contributed by atoms with Gasteiger partial charge in [-0.2, -0.15) is 9.40 Å². The van der Waals surface area contributed by atoms with E-state index in [1.165, 1.54) is 21.3 Å². The van der Waals surface area contributed by atoms with Gasteiger partial charge in [-0.15, -0.1) is 11.6 Å². The minimum Gasteiger partial charge on any atom is -0.256 e. The van der Waals surface area contributed by atoms with Crippen molar-refractivity contribution in [2.75, 3.05) is 13.1 Å². The van der Waals surface area contributed by atoms with Crippen molar-refractivity contribution in [3.05, 3.63) is 12.3 Å². The fourth-order valence-electron chi connectivity index (χ4n) is 1.86. The number of nitrogens with zero attached hydrogens (tertiary/aromatic N) is 3. The third-order valence-corrected chi connectivity index (χ3v) is 5.00.